The molecule has 4 nitrogen and oxygen atoms in total. The summed E-state index contributed by atoms with van der Waals surface area (Å²) in [5, 5.41) is 2.76. The van der Waals surface area contributed by atoms with Gasteiger partial charge >= 0.3 is 5.97 Å². The van der Waals surface area contributed by atoms with Gasteiger partial charge in [-0.3, -0.25) is 4.79 Å². The highest BCUT2D eigenvalue weighted by molar-refractivity contribution is 8.04. The zero-order valence-electron chi connectivity index (χ0n) is 23.4. The van der Waals surface area contributed by atoms with Gasteiger partial charge in [-0.25, -0.2) is 0 Å². The molecule has 0 radical (unpaired) electrons. The largest absolute Gasteiger partial charge is 0.461 e. The summed E-state index contributed by atoms with van der Waals surface area (Å²) in [6.07, 6.45) is 6.76. The lowest BCUT2D eigenvalue weighted by atomic mass is 10.0. The number of esters is 1. The molecular formula is C26H50O4S2Si2. The third-order valence-corrected chi connectivity index (χ3v) is 21.8. The van der Waals surface area contributed by atoms with Crippen molar-refractivity contribution < 1.29 is 18.4 Å². The van der Waals surface area contributed by atoms with Gasteiger partial charge in [-0.1, -0.05) is 41.5 Å². The Labute approximate surface area is 220 Å². The van der Waals surface area contributed by atoms with E-state index in [9.17, 15) is 4.79 Å². The van der Waals surface area contributed by atoms with Crippen LogP contribution >= 0.6 is 23.5 Å². The maximum atomic E-state index is 11.6. The SMILES string of the molecule is CC(C)(C)[Si](C)(C)OC[C@@H](O[Si](C)(C)C(C)(C)C)[C@H]1CC[C@H]([C@H]2CC[C@H]([C@H]3CCC(=O)O3)S2)S1. The Kier molecular flexibility index (Phi) is 9.17. The van der Waals surface area contributed by atoms with Crippen molar-refractivity contribution in [2.75, 3.05) is 6.61 Å². The summed E-state index contributed by atoms with van der Waals surface area (Å²) in [5.41, 5.74) is 0. The number of carbonyl (C=O) groups excluding carboxylic acids is 1. The van der Waals surface area contributed by atoms with Crippen LogP contribution in [0.1, 0.15) is 80.1 Å². The number of hydrogen-bond donors (Lipinski definition) is 0. The van der Waals surface area contributed by atoms with E-state index in [0.29, 0.717) is 27.4 Å². The maximum absolute atomic E-state index is 11.6. The molecule has 3 rings (SSSR count). The fourth-order valence-corrected chi connectivity index (χ4v) is 10.7. The summed E-state index contributed by atoms with van der Waals surface area (Å²) in [4.78, 5) is 11.6. The number of ether oxygens (including phenoxy) is 1. The fraction of sp³-hybridized carbons (Fsp3) is 0.962. The average molecular weight is 547 g/mol. The van der Waals surface area contributed by atoms with Gasteiger partial charge < -0.3 is 13.6 Å². The molecule has 6 atom stereocenters. The highest BCUT2D eigenvalue weighted by Gasteiger charge is 2.47. The predicted molar refractivity (Wildman–Crippen MR) is 153 cm³/mol. The van der Waals surface area contributed by atoms with Gasteiger partial charge in [0.05, 0.1) is 12.7 Å². The molecule has 0 bridgehead atoms. The molecular weight excluding hydrogens is 497 g/mol. The molecule has 0 spiro atoms. The van der Waals surface area contributed by atoms with Crippen LogP contribution in [-0.4, -0.2) is 62.4 Å². The molecule has 0 aromatic carbocycles. The lowest BCUT2D eigenvalue weighted by molar-refractivity contribution is -0.141. The van der Waals surface area contributed by atoms with Crippen LogP contribution < -0.4 is 0 Å². The van der Waals surface area contributed by atoms with E-state index in [-0.39, 0.29) is 28.3 Å². The maximum Gasteiger partial charge on any atom is 0.306 e. The number of rotatable bonds is 8. The molecule has 0 amide bonds. The predicted octanol–water partition coefficient (Wildman–Crippen LogP) is 7.63. The van der Waals surface area contributed by atoms with Crippen molar-refractivity contribution in [1.82, 2.24) is 0 Å². The molecule has 0 aliphatic carbocycles. The van der Waals surface area contributed by atoms with Gasteiger partial charge in [0.25, 0.3) is 0 Å². The fourth-order valence-electron chi connectivity index (χ4n) is 4.56. The highest BCUT2D eigenvalue weighted by Crippen LogP contribution is 2.50. The highest BCUT2D eigenvalue weighted by atomic mass is 32.2. The van der Waals surface area contributed by atoms with Crippen LogP contribution in [-0.2, 0) is 18.4 Å². The van der Waals surface area contributed by atoms with E-state index in [1.54, 1.807) is 0 Å². The van der Waals surface area contributed by atoms with Crippen LogP contribution in [0.3, 0.4) is 0 Å². The van der Waals surface area contributed by atoms with Gasteiger partial charge in [0.2, 0.25) is 0 Å². The molecule has 3 aliphatic rings. The number of cyclic esters (lactones) is 1. The summed E-state index contributed by atoms with van der Waals surface area (Å²) in [7, 11) is -3.73. The first-order chi connectivity index (χ1) is 15.5. The Balaban J connectivity index is 1.64. The van der Waals surface area contributed by atoms with Crippen LogP contribution in [0, 0.1) is 0 Å². The van der Waals surface area contributed by atoms with E-state index in [2.05, 4.69) is 91.3 Å². The van der Waals surface area contributed by atoms with Crippen LogP contribution in [0.25, 0.3) is 0 Å². The smallest absolute Gasteiger partial charge is 0.306 e. The number of carbonyl (C=O) groups is 1. The molecule has 3 fully saturated rings. The van der Waals surface area contributed by atoms with E-state index < -0.39 is 16.6 Å². The topological polar surface area (TPSA) is 44.8 Å². The van der Waals surface area contributed by atoms with Gasteiger partial charge in [0, 0.05) is 27.4 Å². The van der Waals surface area contributed by atoms with E-state index in [1.807, 2.05) is 0 Å². The first-order valence-electron chi connectivity index (χ1n) is 13.3. The average Bonchev–Trinajstić information content (AvgIpc) is 3.42. The number of hydrogen-bond acceptors (Lipinski definition) is 6. The van der Waals surface area contributed by atoms with Gasteiger partial charge in [-0.05, 0) is 68.4 Å². The molecule has 3 heterocycles. The summed E-state index contributed by atoms with van der Waals surface area (Å²) in [6.45, 7) is 24.1. The molecule has 3 saturated heterocycles. The monoisotopic (exact) mass is 546 g/mol. The van der Waals surface area contributed by atoms with Crippen molar-refractivity contribution in [2.45, 2.75) is 150 Å². The molecule has 0 aromatic rings. The molecule has 8 heteroatoms. The van der Waals surface area contributed by atoms with Gasteiger partial charge in [-0.15, -0.1) is 0 Å². The van der Waals surface area contributed by atoms with Crippen LogP contribution in [0.2, 0.25) is 36.3 Å². The third-order valence-electron chi connectivity index (χ3n) is 9.00. The van der Waals surface area contributed by atoms with E-state index >= 15 is 0 Å². The third kappa shape index (κ3) is 6.88. The molecule has 0 N–H and O–H groups in total. The Morgan fingerprint density at radius 1 is 0.853 bits per heavy atom. The Hall–Kier alpha value is 0.524. The molecule has 34 heavy (non-hydrogen) atoms. The second-order valence-electron chi connectivity index (χ2n) is 13.6. The molecule has 198 valence electrons. The van der Waals surface area contributed by atoms with Gasteiger partial charge in [0.15, 0.2) is 16.6 Å². The minimum Gasteiger partial charge on any atom is -0.461 e. The molecule has 0 saturated carbocycles. The standard InChI is InChI=1S/C26H50O4S2Si2/c1-25(2,3)33(7,8)28-17-19(30-34(9,10)26(4,5)6)21-13-15-23(32-21)22-14-12-20(31-22)18-11-16-24(27)29-18/h18-23H,11-17H2,1-10H3/t18-,19-,20-,21-,22-,23-/m1/s1. The Morgan fingerprint density at radius 3 is 1.97 bits per heavy atom. The first-order valence-corrected chi connectivity index (χ1v) is 21.0. The van der Waals surface area contributed by atoms with Crippen LogP contribution in [0.5, 0.6) is 0 Å². The summed E-state index contributed by atoms with van der Waals surface area (Å²) in [5.74, 6) is -0.00305. The van der Waals surface area contributed by atoms with Gasteiger partial charge in [0.1, 0.15) is 6.10 Å². The quantitative estimate of drug-likeness (QED) is 0.230. The van der Waals surface area contributed by atoms with Gasteiger partial charge in [-0.2, -0.15) is 23.5 Å². The van der Waals surface area contributed by atoms with Crippen molar-refractivity contribution >= 4 is 46.1 Å². The van der Waals surface area contributed by atoms with E-state index in [4.69, 9.17) is 13.6 Å². The van der Waals surface area contributed by atoms with E-state index in [0.717, 1.165) is 13.0 Å². The second kappa shape index (κ2) is 10.7. The second-order valence-corrected chi connectivity index (χ2v) is 26.2. The van der Waals surface area contributed by atoms with Crippen molar-refractivity contribution in [2.24, 2.45) is 0 Å². The summed E-state index contributed by atoms with van der Waals surface area (Å²) >= 11 is 4.28. The van der Waals surface area contributed by atoms with Crippen LogP contribution in [0.4, 0.5) is 0 Å². The summed E-state index contributed by atoms with van der Waals surface area (Å²) in [6, 6.07) is 0. The van der Waals surface area contributed by atoms with Crippen LogP contribution in [0.15, 0.2) is 0 Å². The minimum atomic E-state index is -1.90. The van der Waals surface area contributed by atoms with Crippen molar-refractivity contribution in [3.8, 4) is 0 Å². The zero-order valence-corrected chi connectivity index (χ0v) is 27.0. The Morgan fingerprint density at radius 2 is 1.41 bits per heavy atom. The lowest BCUT2D eigenvalue weighted by Gasteiger charge is -2.43. The normalized spacial score (nSPS) is 32.3. The minimum absolute atomic E-state index is 0.00305. The first kappa shape index (κ1) is 29.1. The molecule has 3 aliphatic heterocycles. The Bertz CT molecular complexity index is 717. The zero-order chi connectivity index (χ0) is 25.5. The lowest BCUT2D eigenvalue weighted by Crippen LogP contribution is -2.50. The van der Waals surface area contributed by atoms with Crippen molar-refractivity contribution in [3.05, 3.63) is 0 Å². The van der Waals surface area contributed by atoms with E-state index in [1.165, 1.54) is 25.7 Å². The van der Waals surface area contributed by atoms with Crippen molar-refractivity contribution in [1.29, 1.82) is 0 Å². The molecule has 0 unspecified atom stereocenters. The molecule has 0 aromatic heterocycles. The summed E-state index contributed by atoms with van der Waals surface area (Å²) < 4.78 is 19.4. The van der Waals surface area contributed by atoms with Crippen molar-refractivity contribution in [3.63, 3.8) is 0 Å². The number of thioether (sulfide) groups is 2.